The van der Waals surface area contributed by atoms with Crippen LogP contribution in [0.1, 0.15) is 18.7 Å². The zero-order valence-corrected chi connectivity index (χ0v) is 15.3. The number of carbonyl (C=O) groups excluding carboxylic acids is 1. The molecule has 0 bridgehead atoms. The summed E-state index contributed by atoms with van der Waals surface area (Å²) in [6.07, 6.45) is 1.26. The number of benzene rings is 2. The van der Waals surface area contributed by atoms with Crippen molar-refractivity contribution in [1.29, 1.82) is 0 Å². The molecule has 0 aliphatic heterocycles. The summed E-state index contributed by atoms with van der Waals surface area (Å²) in [5, 5.41) is 6.58. The van der Waals surface area contributed by atoms with Gasteiger partial charge in [0.25, 0.3) is 0 Å². The highest BCUT2D eigenvalue weighted by Crippen LogP contribution is 2.21. The van der Waals surface area contributed by atoms with Gasteiger partial charge < -0.3 is 14.6 Å². The molecule has 0 aliphatic rings. The number of methoxy groups -OCH3 is 1. The standard InChI is InChI=1S/C19H17ClFN3O3/c1-26-14-8-5-12(6-9-14)19-23-18(27-24-19)4-2-3-17(25)22-13-7-10-16(21)15(20)11-13/h5-11H,2-4H2,1H3,(H,22,25). The van der Waals surface area contributed by atoms with Crippen LogP contribution < -0.4 is 10.1 Å². The summed E-state index contributed by atoms with van der Waals surface area (Å²) in [4.78, 5) is 16.3. The van der Waals surface area contributed by atoms with Crippen molar-refractivity contribution >= 4 is 23.2 Å². The van der Waals surface area contributed by atoms with Gasteiger partial charge in [0.2, 0.25) is 17.6 Å². The number of ether oxygens (including phenoxy) is 1. The number of nitrogens with zero attached hydrogens (tertiary/aromatic N) is 2. The monoisotopic (exact) mass is 389 g/mol. The van der Waals surface area contributed by atoms with Gasteiger partial charge in [-0.15, -0.1) is 0 Å². The van der Waals surface area contributed by atoms with E-state index in [9.17, 15) is 9.18 Å². The van der Waals surface area contributed by atoms with E-state index in [1.807, 2.05) is 24.3 Å². The maximum absolute atomic E-state index is 13.1. The van der Waals surface area contributed by atoms with E-state index in [0.29, 0.717) is 30.2 Å². The van der Waals surface area contributed by atoms with Gasteiger partial charge in [-0.05, 0) is 48.9 Å². The number of carbonyl (C=O) groups is 1. The fourth-order valence-corrected chi connectivity index (χ4v) is 2.59. The van der Waals surface area contributed by atoms with Gasteiger partial charge in [0.1, 0.15) is 11.6 Å². The SMILES string of the molecule is COc1ccc(-c2noc(CCCC(=O)Nc3ccc(F)c(Cl)c3)n2)cc1. The minimum absolute atomic E-state index is 0.0373. The molecule has 1 aromatic heterocycles. The second-order valence-corrected chi connectivity index (χ2v) is 6.18. The molecule has 2 aromatic carbocycles. The van der Waals surface area contributed by atoms with Crippen molar-refractivity contribution in [2.24, 2.45) is 0 Å². The van der Waals surface area contributed by atoms with Crippen molar-refractivity contribution in [3.05, 3.63) is 59.2 Å². The van der Waals surface area contributed by atoms with E-state index in [-0.39, 0.29) is 17.4 Å². The molecular weight excluding hydrogens is 373 g/mol. The molecule has 1 amide bonds. The second kappa shape index (κ2) is 8.64. The Bertz CT molecular complexity index is 928. The van der Waals surface area contributed by atoms with Crippen LogP contribution in [-0.2, 0) is 11.2 Å². The Morgan fingerprint density at radius 1 is 1.26 bits per heavy atom. The molecule has 0 saturated heterocycles. The van der Waals surface area contributed by atoms with Gasteiger partial charge in [0.15, 0.2) is 0 Å². The van der Waals surface area contributed by atoms with E-state index in [1.165, 1.54) is 18.2 Å². The molecule has 27 heavy (non-hydrogen) atoms. The van der Waals surface area contributed by atoms with Crippen LogP contribution >= 0.6 is 11.6 Å². The zero-order chi connectivity index (χ0) is 19.2. The highest BCUT2D eigenvalue weighted by atomic mass is 35.5. The molecule has 0 aliphatic carbocycles. The van der Waals surface area contributed by atoms with E-state index in [2.05, 4.69) is 15.5 Å². The van der Waals surface area contributed by atoms with Gasteiger partial charge in [-0.3, -0.25) is 4.79 Å². The van der Waals surface area contributed by atoms with Crippen molar-refractivity contribution in [3.8, 4) is 17.1 Å². The zero-order valence-electron chi connectivity index (χ0n) is 14.5. The lowest BCUT2D eigenvalue weighted by Gasteiger charge is -2.05. The molecule has 0 atom stereocenters. The summed E-state index contributed by atoms with van der Waals surface area (Å²) in [6, 6.07) is 11.3. The quantitative estimate of drug-likeness (QED) is 0.643. The molecule has 3 aromatic rings. The number of nitrogens with one attached hydrogen (secondary N) is 1. The van der Waals surface area contributed by atoms with Crippen LogP contribution in [0.2, 0.25) is 5.02 Å². The fourth-order valence-electron chi connectivity index (χ4n) is 2.41. The van der Waals surface area contributed by atoms with Gasteiger partial charge >= 0.3 is 0 Å². The van der Waals surface area contributed by atoms with Crippen molar-refractivity contribution < 1.29 is 18.4 Å². The van der Waals surface area contributed by atoms with Gasteiger partial charge in [0.05, 0.1) is 12.1 Å². The second-order valence-electron chi connectivity index (χ2n) is 5.77. The first-order chi connectivity index (χ1) is 13.0. The van der Waals surface area contributed by atoms with Crippen molar-refractivity contribution in [2.45, 2.75) is 19.3 Å². The van der Waals surface area contributed by atoms with Crippen molar-refractivity contribution in [2.75, 3.05) is 12.4 Å². The molecule has 0 unspecified atom stereocenters. The van der Waals surface area contributed by atoms with E-state index in [1.54, 1.807) is 7.11 Å². The maximum Gasteiger partial charge on any atom is 0.226 e. The molecule has 0 fully saturated rings. The normalized spacial score (nSPS) is 10.6. The summed E-state index contributed by atoms with van der Waals surface area (Å²) in [5.74, 6) is 0.957. The number of hydrogen-bond acceptors (Lipinski definition) is 5. The Balaban J connectivity index is 1.49. The number of aryl methyl sites for hydroxylation is 1. The highest BCUT2D eigenvalue weighted by Gasteiger charge is 2.10. The smallest absolute Gasteiger partial charge is 0.226 e. The lowest BCUT2D eigenvalue weighted by molar-refractivity contribution is -0.116. The third-order valence-corrected chi connectivity index (χ3v) is 4.10. The number of anilines is 1. The van der Waals surface area contributed by atoms with Crippen molar-refractivity contribution in [1.82, 2.24) is 10.1 Å². The van der Waals surface area contributed by atoms with Crippen LogP contribution in [0.25, 0.3) is 11.4 Å². The van der Waals surface area contributed by atoms with E-state index in [4.69, 9.17) is 20.9 Å². The van der Waals surface area contributed by atoms with Crippen molar-refractivity contribution in [3.63, 3.8) is 0 Å². The average molecular weight is 390 g/mol. The summed E-state index contributed by atoms with van der Waals surface area (Å²) in [6.45, 7) is 0. The third-order valence-electron chi connectivity index (χ3n) is 3.81. The lowest BCUT2D eigenvalue weighted by atomic mass is 10.2. The Morgan fingerprint density at radius 2 is 2.04 bits per heavy atom. The van der Waals surface area contributed by atoms with E-state index >= 15 is 0 Å². The highest BCUT2D eigenvalue weighted by molar-refractivity contribution is 6.31. The molecule has 6 nitrogen and oxygen atoms in total. The van der Waals surface area contributed by atoms with Crippen LogP contribution in [0.15, 0.2) is 47.0 Å². The minimum Gasteiger partial charge on any atom is -0.497 e. The third kappa shape index (κ3) is 5.04. The van der Waals surface area contributed by atoms with Crippen LogP contribution in [-0.4, -0.2) is 23.2 Å². The molecule has 1 N–H and O–H groups in total. The van der Waals surface area contributed by atoms with Gasteiger partial charge in [0, 0.05) is 24.1 Å². The summed E-state index contributed by atoms with van der Waals surface area (Å²) in [5.41, 5.74) is 1.27. The molecule has 8 heteroatoms. The number of hydrogen-bond donors (Lipinski definition) is 1. The lowest BCUT2D eigenvalue weighted by Crippen LogP contribution is -2.11. The first-order valence-electron chi connectivity index (χ1n) is 8.27. The van der Waals surface area contributed by atoms with Crippen LogP contribution in [0.5, 0.6) is 5.75 Å². The molecule has 1 heterocycles. The van der Waals surface area contributed by atoms with E-state index in [0.717, 1.165) is 11.3 Å². The van der Waals surface area contributed by atoms with Crippen LogP contribution in [0, 0.1) is 5.82 Å². The minimum atomic E-state index is -0.529. The predicted molar refractivity (Wildman–Crippen MR) is 99.3 cm³/mol. The van der Waals surface area contributed by atoms with Gasteiger partial charge in [-0.25, -0.2) is 4.39 Å². The number of halogens is 2. The fraction of sp³-hybridized carbons (Fsp3) is 0.211. The van der Waals surface area contributed by atoms with E-state index < -0.39 is 5.82 Å². The number of aromatic nitrogens is 2. The Morgan fingerprint density at radius 3 is 2.74 bits per heavy atom. The average Bonchev–Trinajstić information content (AvgIpc) is 3.14. The topological polar surface area (TPSA) is 77.2 Å². The first kappa shape index (κ1) is 18.8. The Hall–Kier alpha value is -2.93. The molecule has 3 rings (SSSR count). The molecule has 140 valence electrons. The van der Waals surface area contributed by atoms with Gasteiger partial charge in [-0.2, -0.15) is 4.98 Å². The summed E-state index contributed by atoms with van der Waals surface area (Å²) >= 11 is 5.69. The largest absolute Gasteiger partial charge is 0.497 e. The Kier molecular flexibility index (Phi) is 6.03. The Labute approximate surface area is 160 Å². The van der Waals surface area contributed by atoms with Crippen LogP contribution in [0.4, 0.5) is 10.1 Å². The summed E-state index contributed by atoms with van der Waals surface area (Å²) in [7, 11) is 1.60. The predicted octanol–water partition coefficient (Wildman–Crippen LogP) is 4.50. The van der Waals surface area contributed by atoms with Crippen LogP contribution in [0.3, 0.4) is 0 Å². The number of amides is 1. The first-order valence-corrected chi connectivity index (χ1v) is 8.65. The van der Waals surface area contributed by atoms with Gasteiger partial charge in [-0.1, -0.05) is 16.8 Å². The maximum atomic E-state index is 13.1. The summed E-state index contributed by atoms with van der Waals surface area (Å²) < 4.78 is 23.4. The number of rotatable bonds is 7. The molecule has 0 radical (unpaired) electrons. The molecular formula is C19H17ClFN3O3. The molecule has 0 saturated carbocycles. The molecule has 0 spiro atoms.